The van der Waals surface area contributed by atoms with Crippen LogP contribution < -0.4 is 14.5 Å². The summed E-state index contributed by atoms with van der Waals surface area (Å²) in [4.78, 5) is 26.0. The summed E-state index contributed by atoms with van der Waals surface area (Å²) < 4.78 is 30.8. The van der Waals surface area contributed by atoms with E-state index in [0.29, 0.717) is 18.7 Å². The van der Waals surface area contributed by atoms with Crippen molar-refractivity contribution in [3.8, 4) is 0 Å². The van der Waals surface area contributed by atoms with Gasteiger partial charge in [-0.05, 0) is 69.2 Å². The highest BCUT2D eigenvalue weighted by atomic mass is 32.2. The number of hydrogen-bond donors (Lipinski definition) is 1. The van der Waals surface area contributed by atoms with Gasteiger partial charge < -0.3 is 4.90 Å². The maximum atomic E-state index is 12.9. The van der Waals surface area contributed by atoms with Gasteiger partial charge in [-0.25, -0.2) is 8.42 Å². The Hall–Kier alpha value is -2.65. The molecule has 2 heterocycles. The summed E-state index contributed by atoms with van der Waals surface area (Å²) in [6.45, 7) is 6.33. The molecule has 7 nitrogen and oxygen atoms in total. The van der Waals surface area contributed by atoms with Gasteiger partial charge in [0.1, 0.15) is 0 Å². The number of aromatic nitrogens is 1. The van der Waals surface area contributed by atoms with Crippen molar-refractivity contribution >= 4 is 48.9 Å². The van der Waals surface area contributed by atoms with Gasteiger partial charge in [-0.1, -0.05) is 11.3 Å². The summed E-state index contributed by atoms with van der Waals surface area (Å²) in [6, 6.07) is 9.91. The lowest BCUT2D eigenvalue weighted by molar-refractivity contribution is -0.117. The summed E-state index contributed by atoms with van der Waals surface area (Å²) in [5.41, 5.74) is 2.67. The van der Waals surface area contributed by atoms with Crippen LogP contribution in [0.5, 0.6) is 0 Å². The number of nitrogens with one attached hydrogen (secondary N) is 1. The number of sulfonamides is 1. The number of nitrogens with zero attached hydrogens (tertiary/aromatic N) is 2. The van der Waals surface area contributed by atoms with Crippen LogP contribution >= 0.6 is 11.3 Å². The van der Waals surface area contributed by atoms with E-state index in [0.717, 1.165) is 39.2 Å². The Morgan fingerprint density at radius 1 is 1.10 bits per heavy atom. The fourth-order valence-electron chi connectivity index (χ4n) is 3.80. The molecule has 0 bridgehead atoms. The van der Waals surface area contributed by atoms with Crippen LogP contribution in [-0.4, -0.2) is 25.4 Å². The molecule has 0 atom stereocenters. The molecule has 0 spiro atoms. The first-order chi connectivity index (χ1) is 14.2. The second-order valence-corrected chi connectivity index (χ2v) is 10.4. The highest BCUT2D eigenvalue weighted by Gasteiger charge is 2.24. The van der Waals surface area contributed by atoms with Crippen LogP contribution in [0.25, 0.3) is 10.2 Å². The lowest BCUT2D eigenvalue weighted by Gasteiger charge is -2.19. The molecule has 0 unspecified atom stereocenters. The van der Waals surface area contributed by atoms with E-state index in [1.165, 1.54) is 6.07 Å². The number of hydrogen-bond acceptors (Lipinski definition) is 5. The summed E-state index contributed by atoms with van der Waals surface area (Å²) in [5, 5.41) is 0. The SMILES string of the molecule is Cc1cc(S(=O)(=O)Nc2ccc3c(c2)sc(=O)n3C(C)C)ccc1N1CCCC1=O. The van der Waals surface area contributed by atoms with Gasteiger partial charge in [0, 0.05) is 24.7 Å². The number of anilines is 2. The number of carbonyl (C=O) groups is 1. The van der Waals surface area contributed by atoms with E-state index in [2.05, 4.69) is 4.72 Å². The van der Waals surface area contributed by atoms with E-state index in [9.17, 15) is 18.0 Å². The highest BCUT2D eigenvalue weighted by Crippen LogP contribution is 2.29. The molecule has 0 radical (unpaired) electrons. The molecule has 2 aromatic carbocycles. The number of aryl methyl sites for hydroxylation is 1. The van der Waals surface area contributed by atoms with Gasteiger partial charge in [-0.3, -0.25) is 18.9 Å². The first-order valence-electron chi connectivity index (χ1n) is 9.76. The molecule has 1 fully saturated rings. The van der Waals surface area contributed by atoms with Crippen LogP contribution in [0.1, 0.15) is 38.3 Å². The molecule has 9 heteroatoms. The Morgan fingerprint density at radius 2 is 1.87 bits per heavy atom. The van der Waals surface area contributed by atoms with Gasteiger partial charge in [-0.15, -0.1) is 0 Å². The maximum absolute atomic E-state index is 12.9. The Balaban J connectivity index is 1.63. The molecule has 158 valence electrons. The quantitative estimate of drug-likeness (QED) is 0.645. The molecule has 1 aliphatic heterocycles. The van der Waals surface area contributed by atoms with Crippen LogP contribution in [0.4, 0.5) is 11.4 Å². The Labute approximate surface area is 179 Å². The van der Waals surface area contributed by atoms with Gasteiger partial charge in [-0.2, -0.15) is 0 Å². The minimum absolute atomic E-state index is 0.0257. The predicted molar refractivity (Wildman–Crippen MR) is 120 cm³/mol. The minimum Gasteiger partial charge on any atom is -0.312 e. The summed E-state index contributed by atoms with van der Waals surface area (Å²) in [5.74, 6) is 0.0625. The van der Waals surface area contributed by atoms with Crippen LogP contribution in [0.2, 0.25) is 0 Å². The number of fused-ring (bicyclic) bond motifs is 1. The van der Waals surface area contributed by atoms with Crippen molar-refractivity contribution in [1.82, 2.24) is 4.57 Å². The Kier molecular flexibility index (Phi) is 5.19. The van der Waals surface area contributed by atoms with Crippen molar-refractivity contribution in [1.29, 1.82) is 0 Å². The molecule has 0 saturated carbocycles. The van der Waals surface area contributed by atoms with E-state index >= 15 is 0 Å². The summed E-state index contributed by atoms with van der Waals surface area (Å²) in [7, 11) is -3.81. The molecular weight excluding hydrogens is 422 g/mol. The molecule has 1 aliphatic rings. The number of amides is 1. The van der Waals surface area contributed by atoms with Gasteiger partial charge in [0.05, 0.1) is 20.8 Å². The average molecular weight is 446 g/mol. The molecule has 1 amide bonds. The van der Waals surface area contributed by atoms with E-state index in [1.54, 1.807) is 46.7 Å². The molecule has 1 saturated heterocycles. The van der Waals surface area contributed by atoms with Crippen molar-refractivity contribution in [2.24, 2.45) is 0 Å². The van der Waals surface area contributed by atoms with Gasteiger partial charge in [0.15, 0.2) is 0 Å². The second kappa shape index (κ2) is 7.55. The molecule has 1 aromatic heterocycles. The van der Waals surface area contributed by atoms with Gasteiger partial charge >= 0.3 is 4.87 Å². The van der Waals surface area contributed by atoms with Crippen LogP contribution in [0, 0.1) is 6.92 Å². The molecule has 30 heavy (non-hydrogen) atoms. The normalized spacial score (nSPS) is 14.8. The molecule has 1 N–H and O–H groups in total. The first-order valence-corrected chi connectivity index (χ1v) is 12.1. The van der Waals surface area contributed by atoms with Crippen molar-refractivity contribution in [2.75, 3.05) is 16.2 Å². The van der Waals surface area contributed by atoms with Crippen molar-refractivity contribution in [3.05, 3.63) is 51.6 Å². The first kappa shape index (κ1) is 20.6. The summed E-state index contributed by atoms with van der Waals surface area (Å²) in [6.07, 6.45) is 1.33. The largest absolute Gasteiger partial charge is 0.312 e. The van der Waals surface area contributed by atoms with E-state index in [4.69, 9.17) is 0 Å². The molecule has 4 rings (SSSR count). The topological polar surface area (TPSA) is 88.5 Å². The van der Waals surface area contributed by atoms with E-state index in [-0.39, 0.29) is 21.7 Å². The van der Waals surface area contributed by atoms with Gasteiger partial charge in [0.25, 0.3) is 10.0 Å². The predicted octanol–water partition coefficient (Wildman–Crippen LogP) is 3.88. The third-order valence-electron chi connectivity index (χ3n) is 5.22. The standard InChI is InChI=1S/C21H23N3O4S2/c1-13(2)24-18-8-6-15(12-19(18)29-21(24)26)22-30(27,28)16-7-9-17(14(3)11-16)23-10-4-5-20(23)25/h6-9,11-13,22H,4-5,10H2,1-3H3. The van der Waals surface area contributed by atoms with E-state index in [1.807, 2.05) is 13.8 Å². The zero-order chi connectivity index (χ0) is 21.6. The molecular formula is C21H23N3O4S2. The average Bonchev–Trinajstić information content (AvgIpc) is 3.23. The van der Waals surface area contributed by atoms with Crippen LogP contribution in [-0.2, 0) is 14.8 Å². The fourth-order valence-corrected chi connectivity index (χ4v) is 5.99. The van der Waals surface area contributed by atoms with E-state index < -0.39 is 10.0 Å². The highest BCUT2D eigenvalue weighted by molar-refractivity contribution is 7.92. The number of thiazole rings is 1. The Bertz CT molecular complexity index is 1310. The second-order valence-electron chi connectivity index (χ2n) is 7.72. The number of rotatable bonds is 5. The van der Waals surface area contributed by atoms with Crippen molar-refractivity contribution in [2.45, 2.75) is 44.6 Å². The lowest BCUT2D eigenvalue weighted by Crippen LogP contribution is -2.24. The van der Waals surface area contributed by atoms with Crippen LogP contribution in [0.3, 0.4) is 0 Å². The third-order valence-corrected chi connectivity index (χ3v) is 7.52. The maximum Gasteiger partial charge on any atom is 0.308 e. The smallest absolute Gasteiger partial charge is 0.308 e. The third kappa shape index (κ3) is 3.63. The lowest BCUT2D eigenvalue weighted by atomic mass is 10.2. The van der Waals surface area contributed by atoms with Crippen molar-refractivity contribution in [3.63, 3.8) is 0 Å². The zero-order valence-corrected chi connectivity index (χ0v) is 18.6. The fraction of sp³-hybridized carbons (Fsp3) is 0.333. The van der Waals surface area contributed by atoms with Crippen LogP contribution in [0.15, 0.2) is 46.1 Å². The zero-order valence-electron chi connectivity index (χ0n) is 17.0. The van der Waals surface area contributed by atoms with Crippen molar-refractivity contribution < 1.29 is 13.2 Å². The molecule has 0 aliphatic carbocycles. The summed E-state index contributed by atoms with van der Waals surface area (Å²) >= 11 is 1.10. The number of carbonyl (C=O) groups excluding carboxylic acids is 1. The Morgan fingerprint density at radius 3 is 2.50 bits per heavy atom. The molecule has 3 aromatic rings. The monoisotopic (exact) mass is 445 g/mol. The number of benzene rings is 2. The minimum atomic E-state index is -3.81. The van der Waals surface area contributed by atoms with Gasteiger partial charge in [0.2, 0.25) is 5.91 Å².